The number of hydrogen-bond acceptors (Lipinski definition) is 2. The van der Waals surface area contributed by atoms with Crippen LogP contribution in [-0.4, -0.2) is 36.1 Å². The Morgan fingerprint density at radius 3 is 1.46 bits per heavy atom. The fourth-order valence-corrected chi connectivity index (χ4v) is 1.73. The third-order valence-corrected chi connectivity index (χ3v) is 2.93. The highest BCUT2D eigenvalue weighted by Gasteiger charge is 2.38. The second-order valence-corrected chi connectivity index (χ2v) is 4.79. The van der Waals surface area contributed by atoms with Gasteiger partial charge in [-0.05, 0) is 34.7 Å². The van der Waals surface area contributed by atoms with Gasteiger partial charge in [0.15, 0.2) is 0 Å². The van der Waals surface area contributed by atoms with Crippen LogP contribution in [0.25, 0.3) is 0 Å². The minimum absolute atomic E-state index is 0.293. The lowest BCUT2D eigenvalue weighted by Gasteiger charge is -2.51. The predicted octanol–water partition coefficient (Wildman–Crippen LogP) is 2.10. The number of hydrogen-bond donors (Lipinski definition) is 1. The molecule has 0 aromatic heterocycles. The summed E-state index contributed by atoms with van der Waals surface area (Å²) >= 11 is 0. The van der Waals surface area contributed by atoms with E-state index in [4.69, 9.17) is 0 Å². The van der Waals surface area contributed by atoms with Gasteiger partial charge in [0.1, 0.15) is 0 Å². The van der Waals surface area contributed by atoms with Gasteiger partial charge in [-0.2, -0.15) is 0 Å². The molecule has 1 aliphatic rings. The summed E-state index contributed by atoms with van der Waals surface area (Å²) in [5.41, 5.74) is 0.587. The van der Waals surface area contributed by atoms with E-state index < -0.39 is 0 Å². The number of likely N-dealkylation sites (N-methyl/N-ethyl adjacent to an activating group) is 1. The van der Waals surface area contributed by atoms with Crippen LogP contribution >= 0.6 is 0 Å². The molecule has 2 heteroatoms. The van der Waals surface area contributed by atoms with Gasteiger partial charge in [-0.1, -0.05) is 13.8 Å². The van der Waals surface area contributed by atoms with Crippen molar-refractivity contribution in [2.75, 3.05) is 20.1 Å². The molecule has 1 saturated heterocycles. The van der Waals surface area contributed by atoms with Crippen LogP contribution < -0.4 is 5.32 Å². The standard InChI is InChI=1S/C9H20N2.C2H6/c1-8(2)6-10-7-9(3,4)11(8)5;1-2/h10H,6-7H2,1-5H3;1-2H3. The molecule has 1 rings (SSSR count). The molecule has 0 radical (unpaired) electrons. The highest BCUT2D eigenvalue weighted by Crippen LogP contribution is 2.25. The lowest BCUT2D eigenvalue weighted by atomic mass is 9.90. The Bertz CT molecular complexity index is 134. The van der Waals surface area contributed by atoms with Crippen LogP contribution in [0.2, 0.25) is 0 Å². The lowest BCUT2D eigenvalue weighted by Crippen LogP contribution is -2.66. The van der Waals surface area contributed by atoms with Crippen molar-refractivity contribution in [2.45, 2.75) is 52.6 Å². The number of rotatable bonds is 0. The van der Waals surface area contributed by atoms with E-state index in [0.29, 0.717) is 11.1 Å². The molecule has 1 fully saturated rings. The van der Waals surface area contributed by atoms with Crippen LogP contribution in [0.15, 0.2) is 0 Å². The Balaban J connectivity index is 0.000000671. The van der Waals surface area contributed by atoms with Gasteiger partial charge < -0.3 is 5.32 Å². The van der Waals surface area contributed by atoms with Crippen LogP contribution in [0, 0.1) is 0 Å². The first-order chi connectivity index (χ1) is 5.86. The number of nitrogens with one attached hydrogen (secondary N) is 1. The third kappa shape index (κ3) is 2.96. The first-order valence-corrected chi connectivity index (χ1v) is 5.31. The van der Waals surface area contributed by atoms with Crippen molar-refractivity contribution >= 4 is 0 Å². The lowest BCUT2D eigenvalue weighted by molar-refractivity contribution is 0.0127. The second kappa shape index (κ2) is 4.43. The van der Waals surface area contributed by atoms with Gasteiger partial charge in [-0.25, -0.2) is 0 Å². The van der Waals surface area contributed by atoms with Crippen molar-refractivity contribution in [3.8, 4) is 0 Å². The maximum Gasteiger partial charge on any atom is 0.0280 e. The van der Waals surface area contributed by atoms with Crippen LogP contribution in [0.3, 0.4) is 0 Å². The molecular formula is C11H26N2. The number of piperazine rings is 1. The molecule has 0 saturated carbocycles. The molecule has 1 aliphatic heterocycles. The maximum atomic E-state index is 3.45. The third-order valence-electron chi connectivity index (χ3n) is 2.93. The van der Waals surface area contributed by atoms with Crippen molar-refractivity contribution in [3.63, 3.8) is 0 Å². The highest BCUT2D eigenvalue weighted by atomic mass is 15.3. The fraction of sp³-hybridized carbons (Fsp3) is 1.00. The van der Waals surface area contributed by atoms with E-state index in [1.165, 1.54) is 0 Å². The minimum atomic E-state index is 0.293. The van der Waals surface area contributed by atoms with E-state index in [9.17, 15) is 0 Å². The Morgan fingerprint density at radius 1 is 0.923 bits per heavy atom. The molecule has 0 amide bonds. The summed E-state index contributed by atoms with van der Waals surface area (Å²) in [5, 5.41) is 3.45. The van der Waals surface area contributed by atoms with E-state index >= 15 is 0 Å². The van der Waals surface area contributed by atoms with Crippen molar-refractivity contribution in [1.82, 2.24) is 10.2 Å². The SMILES string of the molecule is CC.CN1C(C)(C)CNCC1(C)C. The summed E-state index contributed by atoms with van der Waals surface area (Å²) in [6, 6.07) is 0. The zero-order valence-corrected chi connectivity index (χ0v) is 10.4. The minimum Gasteiger partial charge on any atom is -0.313 e. The molecular weight excluding hydrogens is 160 g/mol. The van der Waals surface area contributed by atoms with E-state index in [-0.39, 0.29) is 0 Å². The van der Waals surface area contributed by atoms with Gasteiger partial charge in [0.25, 0.3) is 0 Å². The van der Waals surface area contributed by atoms with Gasteiger partial charge in [-0.15, -0.1) is 0 Å². The number of nitrogens with zero attached hydrogens (tertiary/aromatic N) is 1. The second-order valence-electron chi connectivity index (χ2n) is 4.79. The van der Waals surface area contributed by atoms with Crippen molar-refractivity contribution < 1.29 is 0 Å². The van der Waals surface area contributed by atoms with Crippen molar-refractivity contribution in [3.05, 3.63) is 0 Å². The van der Waals surface area contributed by atoms with Crippen LogP contribution in [0.5, 0.6) is 0 Å². The fourth-order valence-electron chi connectivity index (χ4n) is 1.73. The zero-order valence-electron chi connectivity index (χ0n) is 10.4. The monoisotopic (exact) mass is 186 g/mol. The molecule has 2 nitrogen and oxygen atoms in total. The van der Waals surface area contributed by atoms with Gasteiger partial charge in [0, 0.05) is 24.2 Å². The molecule has 0 atom stereocenters. The van der Waals surface area contributed by atoms with E-state index in [1.807, 2.05) is 13.8 Å². The molecule has 0 bridgehead atoms. The van der Waals surface area contributed by atoms with E-state index in [1.54, 1.807) is 0 Å². The molecule has 1 N–H and O–H groups in total. The maximum absolute atomic E-state index is 3.45. The normalized spacial score (nSPS) is 26.1. The average Bonchev–Trinajstić information content (AvgIpc) is 2.04. The Labute approximate surface area is 83.7 Å². The van der Waals surface area contributed by atoms with E-state index in [0.717, 1.165) is 13.1 Å². The molecule has 0 unspecified atom stereocenters. The molecule has 0 aromatic carbocycles. The summed E-state index contributed by atoms with van der Waals surface area (Å²) in [6.07, 6.45) is 0. The van der Waals surface area contributed by atoms with Crippen LogP contribution in [-0.2, 0) is 0 Å². The average molecular weight is 186 g/mol. The highest BCUT2D eigenvalue weighted by molar-refractivity contribution is 4.97. The van der Waals surface area contributed by atoms with Crippen LogP contribution in [0.1, 0.15) is 41.5 Å². The van der Waals surface area contributed by atoms with Gasteiger partial charge >= 0.3 is 0 Å². The Morgan fingerprint density at radius 2 is 1.23 bits per heavy atom. The topological polar surface area (TPSA) is 15.3 Å². The first-order valence-electron chi connectivity index (χ1n) is 5.31. The molecule has 80 valence electrons. The molecule has 0 aromatic rings. The first kappa shape index (κ1) is 12.9. The van der Waals surface area contributed by atoms with Gasteiger partial charge in [-0.3, -0.25) is 4.90 Å². The van der Waals surface area contributed by atoms with Crippen LogP contribution in [0.4, 0.5) is 0 Å². The quantitative estimate of drug-likeness (QED) is 0.623. The summed E-state index contributed by atoms with van der Waals surface area (Å²) in [6.45, 7) is 15.3. The smallest absolute Gasteiger partial charge is 0.0280 e. The summed E-state index contributed by atoms with van der Waals surface area (Å²) in [5.74, 6) is 0. The largest absolute Gasteiger partial charge is 0.313 e. The van der Waals surface area contributed by atoms with Gasteiger partial charge in [0.05, 0.1) is 0 Å². The Hall–Kier alpha value is -0.0800. The van der Waals surface area contributed by atoms with Crippen molar-refractivity contribution in [2.24, 2.45) is 0 Å². The molecule has 13 heavy (non-hydrogen) atoms. The van der Waals surface area contributed by atoms with Crippen molar-refractivity contribution in [1.29, 1.82) is 0 Å². The molecule has 0 spiro atoms. The van der Waals surface area contributed by atoms with Gasteiger partial charge in [0.2, 0.25) is 0 Å². The molecule has 1 heterocycles. The zero-order chi connectivity index (χ0) is 10.7. The Kier molecular flexibility index (Phi) is 4.40. The molecule has 0 aliphatic carbocycles. The summed E-state index contributed by atoms with van der Waals surface area (Å²) in [7, 11) is 2.21. The van der Waals surface area contributed by atoms with E-state index in [2.05, 4.69) is 45.0 Å². The summed E-state index contributed by atoms with van der Waals surface area (Å²) < 4.78 is 0. The summed E-state index contributed by atoms with van der Waals surface area (Å²) in [4.78, 5) is 2.45. The predicted molar refractivity (Wildman–Crippen MR) is 60.1 cm³/mol.